The third-order valence-corrected chi connectivity index (χ3v) is 4.87. The van der Waals surface area contributed by atoms with Gasteiger partial charge in [-0.1, -0.05) is 54.0 Å². The van der Waals surface area contributed by atoms with Crippen LogP contribution < -0.4 is 5.32 Å². The van der Waals surface area contributed by atoms with E-state index in [1.807, 2.05) is 54.6 Å². The van der Waals surface area contributed by atoms with E-state index in [1.54, 1.807) is 6.92 Å². The Morgan fingerprint density at radius 2 is 1.92 bits per heavy atom. The zero-order valence-corrected chi connectivity index (χ0v) is 14.0. The maximum atomic E-state index is 13.0. The van der Waals surface area contributed by atoms with E-state index in [1.165, 1.54) is 0 Å². The lowest BCUT2D eigenvalue weighted by atomic mass is 9.64. The number of carbonyl (C=O) groups is 1. The van der Waals surface area contributed by atoms with Crippen molar-refractivity contribution in [2.75, 3.05) is 5.32 Å². The largest absolute Gasteiger partial charge is 0.339 e. The van der Waals surface area contributed by atoms with Crippen LogP contribution in [0.4, 0.5) is 5.69 Å². The number of rotatable bonds is 4. The fourth-order valence-electron chi connectivity index (χ4n) is 3.34. The molecule has 1 aliphatic carbocycles. The van der Waals surface area contributed by atoms with Crippen molar-refractivity contribution >= 4 is 11.6 Å². The molecule has 4 rings (SSSR count). The molecule has 1 N–H and O–H groups in total. The van der Waals surface area contributed by atoms with Gasteiger partial charge in [0.1, 0.15) is 0 Å². The van der Waals surface area contributed by atoms with Crippen molar-refractivity contribution in [1.29, 1.82) is 0 Å². The predicted octanol–water partition coefficient (Wildman–Crippen LogP) is 4.11. The van der Waals surface area contributed by atoms with E-state index in [4.69, 9.17) is 4.52 Å². The molecule has 1 aromatic heterocycles. The highest BCUT2D eigenvalue weighted by Crippen LogP contribution is 2.44. The highest BCUT2D eigenvalue weighted by Gasteiger charge is 2.45. The minimum absolute atomic E-state index is 0.0476. The lowest BCUT2D eigenvalue weighted by Gasteiger charge is -2.40. The fourth-order valence-corrected chi connectivity index (χ4v) is 3.34. The molecule has 1 saturated carbocycles. The highest BCUT2D eigenvalue weighted by atomic mass is 16.5. The van der Waals surface area contributed by atoms with Gasteiger partial charge in [-0.2, -0.15) is 4.98 Å². The number of aromatic nitrogens is 2. The lowest BCUT2D eigenvalue weighted by molar-refractivity contribution is -0.124. The molecule has 0 radical (unpaired) electrons. The summed E-state index contributed by atoms with van der Waals surface area (Å²) in [5.41, 5.74) is 2.23. The highest BCUT2D eigenvalue weighted by molar-refractivity contribution is 6.00. The van der Waals surface area contributed by atoms with Crippen LogP contribution in [0.5, 0.6) is 0 Å². The molecule has 1 amide bonds. The van der Waals surface area contributed by atoms with Crippen molar-refractivity contribution < 1.29 is 9.32 Å². The zero-order chi connectivity index (χ0) is 17.3. The topological polar surface area (TPSA) is 68.0 Å². The Hall–Kier alpha value is -2.95. The van der Waals surface area contributed by atoms with Crippen molar-refractivity contribution in [2.45, 2.75) is 31.6 Å². The average Bonchev–Trinajstić information content (AvgIpc) is 3.02. The molecule has 0 bridgehead atoms. The van der Waals surface area contributed by atoms with Crippen LogP contribution in [0.2, 0.25) is 0 Å². The minimum atomic E-state index is -0.417. The quantitative estimate of drug-likeness (QED) is 0.780. The summed E-state index contributed by atoms with van der Waals surface area (Å²) < 4.78 is 5.03. The maximum absolute atomic E-state index is 13.0. The van der Waals surface area contributed by atoms with Gasteiger partial charge in [0.05, 0.1) is 5.41 Å². The number of carbonyl (C=O) groups excluding carboxylic acids is 1. The van der Waals surface area contributed by atoms with Crippen LogP contribution in [-0.4, -0.2) is 16.0 Å². The molecule has 1 fully saturated rings. The predicted molar refractivity (Wildman–Crippen MR) is 95.1 cm³/mol. The summed E-state index contributed by atoms with van der Waals surface area (Å²) in [6, 6.07) is 17.6. The van der Waals surface area contributed by atoms with Crippen LogP contribution in [0.25, 0.3) is 11.4 Å². The van der Waals surface area contributed by atoms with Gasteiger partial charge in [0.15, 0.2) is 0 Å². The Labute approximate surface area is 146 Å². The van der Waals surface area contributed by atoms with Gasteiger partial charge >= 0.3 is 0 Å². The van der Waals surface area contributed by atoms with Crippen molar-refractivity contribution in [1.82, 2.24) is 10.1 Å². The smallest absolute Gasteiger partial charge is 0.235 e. The Morgan fingerprint density at radius 1 is 1.12 bits per heavy atom. The third-order valence-electron chi connectivity index (χ3n) is 4.87. The molecule has 3 aromatic rings. The SMILES string of the molecule is Cc1nc(-c2cccc(NC(=O)C3(c4ccccc4)CCC3)c2)no1. The van der Waals surface area contributed by atoms with Crippen LogP contribution in [-0.2, 0) is 10.2 Å². The summed E-state index contributed by atoms with van der Waals surface area (Å²) in [4.78, 5) is 17.2. The van der Waals surface area contributed by atoms with E-state index >= 15 is 0 Å². The van der Waals surface area contributed by atoms with Gasteiger partial charge in [-0.05, 0) is 30.5 Å². The van der Waals surface area contributed by atoms with Crippen LogP contribution in [0.1, 0.15) is 30.7 Å². The Morgan fingerprint density at radius 3 is 2.56 bits per heavy atom. The number of nitrogens with zero attached hydrogens (tertiary/aromatic N) is 2. The summed E-state index contributed by atoms with van der Waals surface area (Å²) in [6.07, 6.45) is 2.84. The summed E-state index contributed by atoms with van der Waals surface area (Å²) in [5, 5.41) is 7.01. The van der Waals surface area contributed by atoms with Crippen LogP contribution in [0.15, 0.2) is 59.1 Å². The second kappa shape index (κ2) is 6.16. The Kier molecular flexibility index (Phi) is 3.84. The molecule has 1 heterocycles. The monoisotopic (exact) mass is 333 g/mol. The van der Waals surface area contributed by atoms with Crippen molar-refractivity contribution in [3.8, 4) is 11.4 Å². The normalized spacial score (nSPS) is 15.4. The number of hydrogen-bond donors (Lipinski definition) is 1. The number of hydrogen-bond acceptors (Lipinski definition) is 4. The first-order valence-corrected chi connectivity index (χ1v) is 8.45. The van der Waals surface area contributed by atoms with Crippen LogP contribution in [0.3, 0.4) is 0 Å². The van der Waals surface area contributed by atoms with Gasteiger partial charge in [0, 0.05) is 18.2 Å². The second-order valence-corrected chi connectivity index (χ2v) is 6.47. The van der Waals surface area contributed by atoms with Crippen LogP contribution >= 0.6 is 0 Å². The average molecular weight is 333 g/mol. The molecule has 5 nitrogen and oxygen atoms in total. The van der Waals surface area contributed by atoms with E-state index < -0.39 is 5.41 Å². The van der Waals surface area contributed by atoms with Gasteiger partial charge in [-0.3, -0.25) is 4.79 Å². The standard InChI is InChI=1S/C20H19N3O2/c1-14-21-18(23-25-14)15-7-5-10-17(13-15)22-19(24)20(11-6-12-20)16-8-3-2-4-9-16/h2-5,7-10,13H,6,11-12H2,1H3,(H,22,24). The van der Waals surface area contributed by atoms with Gasteiger partial charge in [-0.15, -0.1) is 0 Å². The number of aryl methyl sites for hydroxylation is 1. The van der Waals surface area contributed by atoms with E-state index in [0.29, 0.717) is 11.7 Å². The molecule has 1 aliphatic rings. The lowest BCUT2D eigenvalue weighted by Crippen LogP contribution is -2.45. The van der Waals surface area contributed by atoms with Gasteiger partial charge in [0.25, 0.3) is 0 Å². The van der Waals surface area contributed by atoms with Crippen molar-refractivity contribution in [3.63, 3.8) is 0 Å². The first-order valence-electron chi connectivity index (χ1n) is 8.45. The van der Waals surface area contributed by atoms with Gasteiger partial charge in [-0.25, -0.2) is 0 Å². The van der Waals surface area contributed by atoms with E-state index in [-0.39, 0.29) is 5.91 Å². The Bertz CT molecular complexity index is 898. The summed E-state index contributed by atoms with van der Waals surface area (Å²) >= 11 is 0. The minimum Gasteiger partial charge on any atom is -0.339 e. The summed E-state index contributed by atoms with van der Waals surface area (Å²) in [5.74, 6) is 1.09. The molecule has 2 aromatic carbocycles. The molecule has 0 unspecified atom stereocenters. The van der Waals surface area contributed by atoms with E-state index in [0.717, 1.165) is 36.1 Å². The zero-order valence-electron chi connectivity index (χ0n) is 14.0. The molecule has 0 atom stereocenters. The molecular formula is C20H19N3O2. The third kappa shape index (κ3) is 2.82. The number of amides is 1. The molecule has 25 heavy (non-hydrogen) atoms. The Balaban J connectivity index is 1.59. The molecule has 0 spiro atoms. The molecule has 126 valence electrons. The number of anilines is 1. The van der Waals surface area contributed by atoms with Crippen molar-refractivity contribution in [3.05, 3.63) is 66.1 Å². The fraction of sp³-hybridized carbons (Fsp3) is 0.250. The molecule has 5 heteroatoms. The molecule has 0 saturated heterocycles. The molecule has 0 aliphatic heterocycles. The van der Waals surface area contributed by atoms with Gasteiger partial charge < -0.3 is 9.84 Å². The summed E-state index contributed by atoms with van der Waals surface area (Å²) in [7, 11) is 0. The first kappa shape index (κ1) is 15.6. The van der Waals surface area contributed by atoms with E-state index in [2.05, 4.69) is 15.5 Å². The van der Waals surface area contributed by atoms with E-state index in [9.17, 15) is 4.79 Å². The first-order chi connectivity index (χ1) is 12.2. The summed E-state index contributed by atoms with van der Waals surface area (Å²) in [6.45, 7) is 1.75. The number of nitrogens with one attached hydrogen (secondary N) is 1. The van der Waals surface area contributed by atoms with Crippen LogP contribution in [0, 0.1) is 6.92 Å². The number of benzene rings is 2. The molecular weight excluding hydrogens is 314 g/mol. The second-order valence-electron chi connectivity index (χ2n) is 6.47. The van der Waals surface area contributed by atoms with Crippen molar-refractivity contribution in [2.24, 2.45) is 0 Å². The van der Waals surface area contributed by atoms with Gasteiger partial charge in [0.2, 0.25) is 17.6 Å². The maximum Gasteiger partial charge on any atom is 0.235 e.